The molecule has 0 saturated carbocycles. The first kappa shape index (κ1) is 26.4. The van der Waals surface area contributed by atoms with Gasteiger partial charge in [0.15, 0.2) is 0 Å². The van der Waals surface area contributed by atoms with E-state index in [-0.39, 0.29) is 24.0 Å². The smallest absolute Gasteiger partial charge is 0.0885 e. The van der Waals surface area contributed by atoms with Crippen molar-refractivity contribution in [2.45, 2.75) is 97.8 Å². The van der Waals surface area contributed by atoms with Crippen LogP contribution in [-0.2, 0) is 0 Å². The average molecular weight is 504 g/mol. The highest BCUT2D eigenvalue weighted by Crippen LogP contribution is 2.18. The zero-order chi connectivity index (χ0) is 16.5. The van der Waals surface area contributed by atoms with Crippen LogP contribution in [0.3, 0.4) is 0 Å². The summed E-state index contributed by atoms with van der Waals surface area (Å²) < 4.78 is 1.39. The van der Waals surface area contributed by atoms with Crippen molar-refractivity contribution >= 4 is 15.9 Å². The van der Waals surface area contributed by atoms with Gasteiger partial charge in [0.25, 0.3) is 0 Å². The lowest BCUT2D eigenvalue weighted by Gasteiger charge is -2.39. The Bertz CT molecular complexity index is 192. The summed E-state index contributed by atoms with van der Waals surface area (Å²) in [6, 6.07) is 0. The lowest BCUT2D eigenvalue weighted by molar-refractivity contribution is -0.926. The van der Waals surface area contributed by atoms with E-state index in [1.807, 2.05) is 0 Å². The van der Waals surface area contributed by atoms with E-state index in [1.165, 1.54) is 113 Å². The SMILES string of the molecule is CCCCCC[N+](CCBr)(CCCCCC)CCCCCC.[I-]. The molecule has 0 heterocycles. The Morgan fingerprint density at radius 1 is 0.522 bits per heavy atom. The maximum absolute atomic E-state index is 3.74. The fraction of sp³-hybridized carbons (Fsp3) is 1.00. The van der Waals surface area contributed by atoms with Crippen LogP contribution in [0.4, 0.5) is 0 Å². The Morgan fingerprint density at radius 3 is 1.13 bits per heavy atom. The van der Waals surface area contributed by atoms with Crippen molar-refractivity contribution in [3.05, 3.63) is 0 Å². The Balaban J connectivity index is 0. The largest absolute Gasteiger partial charge is 1.00 e. The van der Waals surface area contributed by atoms with Gasteiger partial charge in [0, 0.05) is 0 Å². The maximum Gasteiger partial charge on any atom is 0.0885 e. The van der Waals surface area contributed by atoms with Gasteiger partial charge < -0.3 is 28.5 Å². The van der Waals surface area contributed by atoms with E-state index < -0.39 is 0 Å². The van der Waals surface area contributed by atoms with Crippen LogP contribution in [0.2, 0.25) is 0 Å². The molecule has 0 fully saturated rings. The minimum atomic E-state index is 0. The molecule has 23 heavy (non-hydrogen) atoms. The van der Waals surface area contributed by atoms with Crippen LogP contribution in [0.15, 0.2) is 0 Å². The topological polar surface area (TPSA) is 0 Å². The molecule has 0 aromatic rings. The van der Waals surface area contributed by atoms with E-state index in [2.05, 4.69) is 36.7 Å². The second kappa shape index (κ2) is 19.5. The zero-order valence-corrected chi connectivity index (χ0v) is 20.0. The molecule has 0 N–H and O–H groups in total. The lowest BCUT2D eigenvalue weighted by Crippen LogP contribution is -3.00. The molecule has 0 aromatic heterocycles. The molecule has 0 atom stereocenters. The molecule has 0 aromatic carbocycles. The molecule has 0 bridgehead atoms. The number of hydrogen-bond donors (Lipinski definition) is 0. The van der Waals surface area contributed by atoms with Gasteiger partial charge in [-0.15, -0.1) is 0 Å². The molecule has 0 spiro atoms. The van der Waals surface area contributed by atoms with Crippen LogP contribution >= 0.6 is 15.9 Å². The number of nitrogens with zero attached hydrogens (tertiary/aromatic N) is 1. The summed E-state index contributed by atoms with van der Waals surface area (Å²) >= 11 is 3.74. The molecule has 0 aliphatic heterocycles. The van der Waals surface area contributed by atoms with Crippen LogP contribution in [0.5, 0.6) is 0 Å². The number of alkyl halides is 1. The average Bonchev–Trinajstić information content (AvgIpc) is 2.53. The number of rotatable bonds is 17. The predicted molar refractivity (Wildman–Crippen MR) is 106 cm³/mol. The quantitative estimate of drug-likeness (QED) is 0.122. The zero-order valence-electron chi connectivity index (χ0n) is 16.2. The summed E-state index contributed by atoms with van der Waals surface area (Å²) in [6.07, 6.45) is 16.9. The third kappa shape index (κ3) is 15.2. The van der Waals surface area contributed by atoms with Crippen molar-refractivity contribution in [2.24, 2.45) is 0 Å². The van der Waals surface area contributed by atoms with E-state index in [0.29, 0.717) is 0 Å². The minimum absolute atomic E-state index is 0. The molecule has 0 amide bonds. The lowest BCUT2D eigenvalue weighted by atomic mass is 10.1. The van der Waals surface area contributed by atoms with Gasteiger partial charge in [0.05, 0.1) is 31.5 Å². The van der Waals surface area contributed by atoms with Gasteiger partial charge in [-0.3, -0.25) is 0 Å². The summed E-state index contributed by atoms with van der Waals surface area (Å²) in [6.45, 7) is 12.5. The molecular formula is C20H43BrIN. The van der Waals surface area contributed by atoms with E-state index in [1.54, 1.807) is 0 Å². The molecule has 142 valence electrons. The molecular weight excluding hydrogens is 461 g/mol. The Hall–Kier alpha value is 1.17. The monoisotopic (exact) mass is 503 g/mol. The molecule has 0 radical (unpaired) electrons. The normalized spacial score (nSPS) is 11.5. The minimum Gasteiger partial charge on any atom is -1.00 e. The summed E-state index contributed by atoms with van der Waals surface area (Å²) in [5.74, 6) is 0. The molecule has 3 heteroatoms. The number of quaternary nitrogens is 1. The first-order chi connectivity index (χ1) is 10.7. The number of halogens is 2. The van der Waals surface area contributed by atoms with Crippen LogP contribution < -0.4 is 24.0 Å². The van der Waals surface area contributed by atoms with E-state index in [0.717, 1.165) is 0 Å². The maximum atomic E-state index is 3.74. The van der Waals surface area contributed by atoms with Crippen LogP contribution in [0, 0.1) is 0 Å². The van der Waals surface area contributed by atoms with Gasteiger partial charge >= 0.3 is 0 Å². The second-order valence-corrected chi connectivity index (χ2v) is 7.90. The highest BCUT2D eigenvalue weighted by Gasteiger charge is 2.25. The fourth-order valence-electron chi connectivity index (χ4n) is 3.47. The van der Waals surface area contributed by atoms with Crippen LogP contribution in [0.1, 0.15) is 97.8 Å². The molecule has 0 unspecified atom stereocenters. The molecule has 1 nitrogen and oxygen atoms in total. The van der Waals surface area contributed by atoms with Gasteiger partial charge in [0.2, 0.25) is 0 Å². The van der Waals surface area contributed by atoms with Gasteiger partial charge in [-0.05, 0) is 38.5 Å². The molecule has 0 saturated heterocycles. The predicted octanol–water partition coefficient (Wildman–Crippen LogP) is 3.94. The highest BCUT2D eigenvalue weighted by molar-refractivity contribution is 9.09. The van der Waals surface area contributed by atoms with Gasteiger partial charge in [-0.2, -0.15) is 0 Å². The Kier molecular flexibility index (Phi) is 22.4. The van der Waals surface area contributed by atoms with Crippen molar-refractivity contribution in [1.82, 2.24) is 0 Å². The Morgan fingerprint density at radius 2 is 0.870 bits per heavy atom. The van der Waals surface area contributed by atoms with E-state index >= 15 is 0 Å². The summed E-state index contributed by atoms with van der Waals surface area (Å²) in [7, 11) is 0. The molecule has 0 rings (SSSR count). The van der Waals surface area contributed by atoms with E-state index in [9.17, 15) is 0 Å². The Labute approximate surface area is 173 Å². The summed E-state index contributed by atoms with van der Waals surface area (Å²) in [4.78, 5) is 0. The second-order valence-electron chi connectivity index (χ2n) is 7.11. The standard InChI is InChI=1S/C20H43BrN.HI/c1-4-7-10-13-17-22(20-16-21,18-14-11-8-5-2)19-15-12-9-6-3;/h4-20H2,1-3H3;1H/q+1;/p-1. The van der Waals surface area contributed by atoms with Crippen LogP contribution in [0.25, 0.3) is 0 Å². The van der Waals surface area contributed by atoms with Crippen molar-refractivity contribution < 1.29 is 28.5 Å². The van der Waals surface area contributed by atoms with Crippen molar-refractivity contribution in [2.75, 3.05) is 31.5 Å². The third-order valence-electron chi connectivity index (χ3n) is 5.02. The molecule has 0 aliphatic carbocycles. The highest BCUT2D eigenvalue weighted by atomic mass is 127. The van der Waals surface area contributed by atoms with Crippen molar-refractivity contribution in [3.8, 4) is 0 Å². The van der Waals surface area contributed by atoms with Gasteiger partial charge in [0.1, 0.15) is 0 Å². The number of unbranched alkanes of at least 4 members (excludes halogenated alkanes) is 9. The van der Waals surface area contributed by atoms with Crippen molar-refractivity contribution in [3.63, 3.8) is 0 Å². The van der Waals surface area contributed by atoms with Gasteiger partial charge in [-0.1, -0.05) is 75.2 Å². The first-order valence-electron chi connectivity index (χ1n) is 10.2. The van der Waals surface area contributed by atoms with E-state index in [4.69, 9.17) is 0 Å². The third-order valence-corrected chi connectivity index (χ3v) is 5.37. The van der Waals surface area contributed by atoms with Gasteiger partial charge in [-0.25, -0.2) is 0 Å². The summed E-state index contributed by atoms with van der Waals surface area (Å²) in [5, 5.41) is 1.17. The summed E-state index contributed by atoms with van der Waals surface area (Å²) in [5.41, 5.74) is 0. The molecule has 0 aliphatic rings. The first-order valence-corrected chi connectivity index (χ1v) is 11.3. The fourth-order valence-corrected chi connectivity index (χ4v) is 4.22. The van der Waals surface area contributed by atoms with Crippen LogP contribution in [-0.4, -0.2) is 36.0 Å². The number of hydrogen-bond acceptors (Lipinski definition) is 0. The van der Waals surface area contributed by atoms with Crippen molar-refractivity contribution in [1.29, 1.82) is 0 Å².